The summed E-state index contributed by atoms with van der Waals surface area (Å²) in [7, 11) is 1.45. The van der Waals surface area contributed by atoms with E-state index in [1.807, 2.05) is 24.3 Å². The van der Waals surface area contributed by atoms with Crippen molar-refractivity contribution in [2.75, 3.05) is 12.4 Å². The van der Waals surface area contributed by atoms with E-state index in [1.165, 1.54) is 12.6 Å². The summed E-state index contributed by atoms with van der Waals surface area (Å²) in [4.78, 5) is 37.1. The van der Waals surface area contributed by atoms with Crippen molar-refractivity contribution in [2.24, 2.45) is 0 Å². The zero-order valence-corrected chi connectivity index (χ0v) is 13.6. The van der Waals surface area contributed by atoms with Crippen LogP contribution in [0.4, 0.5) is 5.69 Å². The number of benzene rings is 2. The number of rotatable bonds is 4. The molecule has 0 aromatic heterocycles. The van der Waals surface area contributed by atoms with Crippen LogP contribution in [0.5, 0.6) is 0 Å². The first kappa shape index (κ1) is 15.9. The summed E-state index contributed by atoms with van der Waals surface area (Å²) < 4.78 is 0. The summed E-state index contributed by atoms with van der Waals surface area (Å²) in [5.41, 5.74) is 3.37. The fraction of sp³-hybridized carbons (Fsp3) is 0.211. The lowest BCUT2D eigenvalue weighted by Crippen LogP contribution is -2.24. The van der Waals surface area contributed by atoms with E-state index in [0.29, 0.717) is 16.8 Å². The Morgan fingerprint density at radius 2 is 1.58 bits per heavy atom. The Kier molecular flexibility index (Phi) is 4.16. The second kappa shape index (κ2) is 6.28. The second-order valence-corrected chi connectivity index (χ2v) is 5.82. The number of nitrogens with zero attached hydrogens (tertiary/aromatic N) is 1. The largest absolute Gasteiger partial charge is 0.326 e. The van der Waals surface area contributed by atoms with Crippen molar-refractivity contribution in [1.29, 1.82) is 0 Å². The SMILES string of the molecule is CCc1ccc(CC(=O)Nc2ccc3c(c2)C(=O)N(C)C3=O)cc1. The van der Waals surface area contributed by atoms with Gasteiger partial charge >= 0.3 is 0 Å². The molecule has 1 aliphatic rings. The summed E-state index contributed by atoms with van der Waals surface area (Å²) in [6.45, 7) is 2.08. The Hall–Kier alpha value is -2.95. The molecule has 3 amide bonds. The lowest BCUT2D eigenvalue weighted by Gasteiger charge is -2.07. The number of fused-ring (bicyclic) bond motifs is 1. The van der Waals surface area contributed by atoms with Gasteiger partial charge in [-0.1, -0.05) is 31.2 Å². The third-order valence-electron chi connectivity index (χ3n) is 4.17. The molecule has 0 saturated heterocycles. The molecule has 0 unspecified atom stereocenters. The van der Waals surface area contributed by atoms with Crippen LogP contribution in [0, 0.1) is 0 Å². The summed E-state index contributed by atoms with van der Waals surface area (Å²) in [5.74, 6) is -0.825. The minimum Gasteiger partial charge on any atom is -0.326 e. The Labute approximate surface area is 140 Å². The number of hydrogen-bond donors (Lipinski definition) is 1. The first-order valence-corrected chi connectivity index (χ1v) is 7.83. The maximum absolute atomic E-state index is 12.2. The van der Waals surface area contributed by atoms with Gasteiger partial charge in [0.1, 0.15) is 0 Å². The fourth-order valence-electron chi connectivity index (χ4n) is 2.72. The van der Waals surface area contributed by atoms with Gasteiger partial charge in [-0.3, -0.25) is 19.3 Å². The van der Waals surface area contributed by atoms with Crippen LogP contribution in [-0.2, 0) is 17.6 Å². The van der Waals surface area contributed by atoms with Crippen LogP contribution in [-0.4, -0.2) is 29.7 Å². The number of nitrogens with one attached hydrogen (secondary N) is 1. The highest BCUT2D eigenvalue weighted by molar-refractivity contribution is 6.21. The van der Waals surface area contributed by atoms with E-state index in [2.05, 4.69) is 12.2 Å². The van der Waals surface area contributed by atoms with Crippen LogP contribution in [0.25, 0.3) is 0 Å². The molecule has 3 rings (SSSR count). The number of imide groups is 1. The number of hydrogen-bond acceptors (Lipinski definition) is 3. The molecule has 5 nitrogen and oxygen atoms in total. The van der Waals surface area contributed by atoms with Crippen LogP contribution in [0.1, 0.15) is 38.8 Å². The Bertz CT molecular complexity index is 825. The molecule has 0 bridgehead atoms. The molecule has 1 heterocycles. The molecule has 0 atom stereocenters. The zero-order valence-electron chi connectivity index (χ0n) is 13.6. The summed E-state index contributed by atoms with van der Waals surface area (Å²) in [6, 6.07) is 12.7. The second-order valence-electron chi connectivity index (χ2n) is 5.82. The van der Waals surface area contributed by atoms with Crippen molar-refractivity contribution >= 4 is 23.4 Å². The van der Waals surface area contributed by atoms with Gasteiger partial charge in [0.15, 0.2) is 0 Å². The molecule has 1 aliphatic heterocycles. The van der Waals surface area contributed by atoms with E-state index < -0.39 is 0 Å². The number of carbonyl (C=O) groups is 3. The molecule has 0 fully saturated rings. The molecule has 0 radical (unpaired) electrons. The molecular weight excluding hydrogens is 304 g/mol. The predicted molar refractivity (Wildman–Crippen MR) is 91.0 cm³/mol. The normalized spacial score (nSPS) is 13.2. The van der Waals surface area contributed by atoms with Crippen molar-refractivity contribution in [3.05, 3.63) is 64.7 Å². The van der Waals surface area contributed by atoms with Crippen LogP contribution < -0.4 is 5.32 Å². The molecule has 24 heavy (non-hydrogen) atoms. The maximum atomic E-state index is 12.2. The maximum Gasteiger partial charge on any atom is 0.261 e. The van der Waals surface area contributed by atoms with E-state index in [1.54, 1.807) is 18.2 Å². The molecule has 0 aliphatic carbocycles. The van der Waals surface area contributed by atoms with E-state index in [0.717, 1.165) is 16.9 Å². The first-order valence-electron chi connectivity index (χ1n) is 7.83. The van der Waals surface area contributed by atoms with Gasteiger partial charge in [-0.05, 0) is 35.7 Å². The number of aryl methyl sites for hydroxylation is 1. The van der Waals surface area contributed by atoms with E-state index in [4.69, 9.17) is 0 Å². The molecule has 122 valence electrons. The minimum atomic E-state index is -0.346. The Morgan fingerprint density at radius 3 is 2.25 bits per heavy atom. The minimum absolute atomic E-state index is 0.163. The van der Waals surface area contributed by atoms with Crippen LogP contribution in [0.15, 0.2) is 42.5 Å². The topological polar surface area (TPSA) is 66.5 Å². The fourth-order valence-corrected chi connectivity index (χ4v) is 2.72. The average molecular weight is 322 g/mol. The van der Waals surface area contributed by atoms with E-state index >= 15 is 0 Å². The quantitative estimate of drug-likeness (QED) is 0.880. The van der Waals surface area contributed by atoms with E-state index in [-0.39, 0.29) is 24.1 Å². The van der Waals surface area contributed by atoms with Gasteiger partial charge in [0.2, 0.25) is 5.91 Å². The van der Waals surface area contributed by atoms with E-state index in [9.17, 15) is 14.4 Å². The summed E-state index contributed by atoms with van der Waals surface area (Å²) in [6.07, 6.45) is 1.22. The number of amides is 3. The number of carbonyl (C=O) groups excluding carboxylic acids is 3. The third kappa shape index (κ3) is 2.93. The lowest BCUT2D eigenvalue weighted by molar-refractivity contribution is -0.115. The van der Waals surface area contributed by atoms with Crippen molar-refractivity contribution in [1.82, 2.24) is 4.90 Å². The average Bonchev–Trinajstić information content (AvgIpc) is 2.80. The van der Waals surface area contributed by atoms with Crippen molar-refractivity contribution in [3.8, 4) is 0 Å². The Balaban J connectivity index is 1.71. The van der Waals surface area contributed by atoms with Gasteiger partial charge in [-0.25, -0.2) is 0 Å². The summed E-state index contributed by atoms with van der Waals surface area (Å²) >= 11 is 0. The van der Waals surface area contributed by atoms with Gasteiger partial charge in [-0.2, -0.15) is 0 Å². The smallest absolute Gasteiger partial charge is 0.261 e. The van der Waals surface area contributed by atoms with Gasteiger partial charge in [0.25, 0.3) is 11.8 Å². The number of anilines is 1. The molecule has 1 N–H and O–H groups in total. The zero-order chi connectivity index (χ0) is 17.3. The highest BCUT2D eigenvalue weighted by Gasteiger charge is 2.32. The first-order chi connectivity index (χ1) is 11.5. The molecular formula is C19H18N2O3. The monoisotopic (exact) mass is 322 g/mol. The summed E-state index contributed by atoms with van der Waals surface area (Å²) in [5, 5.41) is 2.78. The molecule has 0 spiro atoms. The highest BCUT2D eigenvalue weighted by Crippen LogP contribution is 2.24. The van der Waals surface area contributed by atoms with Crippen molar-refractivity contribution in [2.45, 2.75) is 19.8 Å². The molecule has 5 heteroatoms. The van der Waals surface area contributed by atoms with Gasteiger partial charge in [-0.15, -0.1) is 0 Å². The molecule has 2 aromatic rings. The lowest BCUT2D eigenvalue weighted by atomic mass is 10.1. The molecule has 2 aromatic carbocycles. The van der Waals surface area contributed by atoms with Crippen LogP contribution in [0.3, 0.4) is 0 Å². The molecule has 0 saturated carbocycles. The van der Waals surface area contributed by atoms with Crippen LogP contribution in [0.2, 0.25) is 0 Å². The third-order valence-corrected chi connectivity index (χ3v) is 4.17. The van der Waals surface area contributed by atoms with Gasteiger partial charge in [0, 0.05) is 12.7 Å². The van der Waals surface area contributed by atoms with Crippen molar-refractivity contribution < 1.29 is 14.4 Å². The Morgan fingerprint density at radius 1 is 0.958 bits per heavy atom. The highest BCUT2D eigenvalue weighted by atomic mass is 16.2. The predicted octanol–water partition coefficient (Wildman–Crippen LogP) is 2.66. The van der Waals surface area contributed by atoms with Crippen LogP contribution >= 0.6 is 0 Å². The van der Waals surface area contributed by atoms with Gasteiger partial charge in [0.05, 0.1) is 17.5 Å². The van der Waals surface area contributed by atoms with Crippen molar-refractivity contribution in [3.63, 3.8) is 0 Å². The van der Waals surface area contributed by atoms with Gasteiger partial charge < -0.3 is 5.32 Å². The standard InChI is InChI=1S/C19H18N2O3/c1-3-12-4-6-13(7-5-12)10-17(22)20-14-8-9-15-16(11-14)19(24)21(2)18(15)23/h4-9,11H,3,10H2,1-2H3,(H,20,22).